The molecule has 0 N–H and O–H groups in total. The lowest BCUT2D eigenvalue weighted by Crippen LogP contribution is -2.26. The van der Waals surface area contributed by atoms with Gasteiger partial charge in [-0.05, 0) is 42.0 Å². The molecule has 1 amide bonds. The van der Waals surface area contributed by atoms with Gasteiger partial charge >= 0.3 is 0 Å². The minimum absolute atomic E-state index is 0.133. The maximum atomic E-state index is 12.7. The minimum Gasteiger partial charge on any atom is -0.490 e. The number of hydrogen-bond donors (Lipinski definition) is 0. The summed E-state index contributed by atoms with van der Waals surface area (Å²) in [6.45, 7) is 4.87. The Morgan fingerprint density at radius 1 is 1.14 bits per heavy atom. The van der Waals surface area contributed by atoms with E-state index in [9.17, 15) is 4.79 Å². The van der Waals surface area contributed by atoms with Crippen molar-refractivity contribution in [3.8, 4) is 11.5 Å². The van der Waals surface area contributed by atoms with Gasteiger partial charge in [-0.1, -0.05) is 36.4 Å². The summed E-state index contributed by atoms with van der Waals surface area (Å²) in [4.78, 5) is 18.7. The largest absolute Gasteiger partial charge is 0.490 e. The first-order valence-electron chi connectivity index (χ1n) is 8.96. The Morgan fingerprint density at radius 2 is 1.79 bits per heavy atom. The molecule has 2 aromatic carbocycles. The van der Waals surface area contributed by atoms with Gasteiger partial charge in [0.2, 0.25) is 0 Å². The maximum absolute atomic E-state index is 12.7. The minimum atomic E-state index is -0.133. The molecule has 0 saturated carbocycles. The van der Waals surface area contributed by atoms with Gasteiger partial charge in [-0.15, -0.1) is 11.3 Å². The Labute approximate surface area is 179 Å². The van der Waals surface area contributed by atoms with Crippen molar-refractivity contribution in [1.29, 1.82) is 0 Å². The van der Waals surface area contributed by atoms with Crippen LogP contribution in [0.1, 0.15) is 21.1 Å². The number of benzene rings is 2. The third-order valence-electron chi connectivity index (χ3n) is 4.00. The van der Waals surface area contributed by atoms with Crippen LogP contribution in [0.4, 0.5) is 0 Å². The number of carbonyl (C=O) groups excluding carboxylic acids is 1. The fraction of sp³-hybridized carbons (Fsp3) is 0.182. The first kappa shape index (κ1) is 20.9. The third kappa shape index (κ3) is 6.07. The highest BCUT2D eigenvalue weighted by Crippen LogP contribution is 2.19. The first-order valence-corrected chi connectivity index (χ1v) is 10.2. The third-order valence-corrected chi connectivity index (χ3v) is 5.08. The van der Waals surface area contributed by atoms with E-state index in [2.05, 4.69) is 11.6 Å². The lowest BCUT2D eigenvalue weighted by Gasteiger charge is -2.16. The molecule has 0 spiro atoms. The van der Waals surface area contributed by atoms with Gasteiger partial charge < -0.3 is 14.4 Å². The van der Waals surface area contributed by atoms with Crippen molar-refractivity contribution in [2.24, 2.45) is 0 Å². The molecule has 1 heterocycles. The lowest BCUT2D eigenvalue weighted by atomic mass is 10.2. The van der Waals surface area contributed by atoms with Crippen LogP contribution in [-0.2, 0) is 13.2 Å². The van der Waals surface area contributed by atoms with Crippen LogP contribution in [-0.4, -0.2) is 29.4 Å². The number of thiazole rings is 1. The predicted molar refractivity (Wildman–Crippen MR) is 116 cm³/mol. The number of carbonyl (C=O) groups is 1. The molecule has 0 aliphatic heterocycles. The van der Waals surface area contributed by atoms with Crippen LogP contribution >= 0.6 is 22.9 Å². The maximum Gasteiger partial charge on any atom is 0.273 e. The Kier molecular flexibility index (Phi) is 7.27. The predicted octanol–water partition coefficient (Wildman–Crippen LogP) is 5.21. The van der Waals surface area contributed by atoms with Gasteiger partial charge in [-0.2, -0.15) is 0 Å². The fourth-order valence-electron chi connectivity index (χ4n) is 2.54. The van der Waals surface area contributed by atoms with Crippen LogP contribution in [0.2, 0.25) is 5.02 Å². The summed E-state index contributed by atoms with van der Waals surface area (Å²) < 4.78 is 11.2. The second-order valence-corrected chi connectivity index (χ2v) is 7.65. The standard InChI is InChI=1S/C22H21ClN2O3S/c1-3-12-27-18-8-4-16(5-9-18)13-25(2)22(26)20-15-29-21(24-20)14-28-19-10-6-17(23)7-11-19/h3-11,15H,1,12-14H2,2H3. The molecule has 150 valence electrons. The number of aromatic nitrogens is 1. The number of ether oxygens (including phenoxy) is 2. The van der Waals surface area contributed by atoms with Crippen LogP contribution in [0.25, 0.3) is 0 Å². The van der Waals surface area contributed by atoms with Crippen LogP contribution in [0.3, 0.4) is 0 Å². The van der Waals surface area contributed by atoms with Gasteiger partial charge in [0.05, 0.1) is 0 Å². The van der Waals surface area contributed by atoms with Gasteiger partial charge in [0.15, 0.2) is 0 Å². The van der Waals surface area contributed by atoms with Crippen molar-refractivity contribution in [2.75, 3.05) is 13.7 Å². The molecule has 0 unspecified atom stereocenters. The molecule has 0 saturated heterocycles. The van der Waals surface area contributed by atoms with Crippen molar-refractivity contribution >= 4 is 28.8 Å². The van der Waals surface area contributed by atoms with Gasteiger partial charge in [-0.3, -0.25) is 4.79 Å². The highest BCUT2D eigenvalue weighted by Gasteiger charge is 2.16. The summed E-state index contributed by atoms with van der Waals surface area (Å²) in [5, 5.41) is 3.15. The smallest absolute Gasteiger partial charge is 0.273 e. The first-order chi connectivity index (χ1) is 14.0. The van der Waals surface area contributed by atoms with Crippen LogP contribution in [0.5, 0.6) is 11.5 Å². The summed E-state index contributed by atoms with van der Waals surface area (Å²) in [7, 11) is 1.76. The van der Waals surface area contributed by atoms with Crippen molar-refractivity contribution in [1.82, 2.24) is 9.88 Å². The van der Waals surface area contributed by atoms with E-state index in [4.69, 9.17) is 21.1 Å². The molecular weight excluding hydrogens is 408 g/mol. The normalized spacial score (nSPS) is 10.4. The quantitative estimate of drug-likeness (QED) is 0.439. The molecule has 0 fully saturated rings. The zero-order chi connectivity index (χ0) is 20.6. The second-order valence-electron chi connectivity index (χ2n) is 6.27. The molecule has 29 heavy (non-hydrogen) atoms. The van der Waals surface area contributed by atoms with E-state index in [0.717, 1.165) is 16.3 Å². The molecule has 5 nitrogen and oxygen atoms in total. The highest BCUT2D eigenvalue weighted by atomic mass is 35.5. The Balaban J connectivity index is 1.54. The van der Waals surface area contributed by atoms with Gasteiger partial charge in [0, 0.05) is 24.0 Å². The molecule has 0 aliphatic carbocycles. The van der Waals surface area contributed by atoms with Crippen LogP contribution in [0, 0.1) is 0 Å². The highest BCUT2D eigenvalue weighted by molar-refractivity contribution is 7.09. The zero-order valence-corrected chi connectivity index (χ0v) is 17.6. The molecule has 0 radical (unpaired) electrons. The number of amides is 1. The van der Waals surface area contributed by atoms with E-state index in [1.807, 2.05) is 24.3 Å². The average molecular weight is 429 g/mol. The van der Waals surface area contributed by atoms with Crippen molar-refractivity contribution in [2.45, 2.75) is 13.2 Å². The Morgan fingerprint density at radius 3 is 2.48 bits per heavy atom. The van der Waals surface area contributed by atoms with E-state index < -0.39 is 0 Å². The Hall–Kier alpha value is -2.83. The van der Waals surface area contributed by atoms with Gasteiger partial charge in [-0.25, -0.2) is 4.98 Å². The average Bonchev–Trinajstić information content (AvgIpc) is 3.21. The van der Waals surface area contributed by atoms with Gasteiger partial charge in [0.1, 0.15) is 35.4 Å². The van der Waals surface area contributed by atoms with Crippen LogP contribution in [0.15, 0.2) is 66.6 Å². The number of rotatable bonds is 9. The number of nitrogens with zero attached hydrogens (tertiary/aromatic N) is 2. The molecule has 0 atom stereocenters. The second kappa shape index (κ2) is 10.1. The number of halogens is 1. The number of hydrogen-bond acceptors (Lipinski definition) is 5. The van der Waals surface area contributed by atoms with Crippen molar-refractivity contribution < 1.29 is 14.3 Å². The van der Waals surface area contributed by atoms with Gasteiger partial charge in [0.25, 0.3) is 5.91 Å². The summed E-state index contributed by atoms with van der Waals surface area (Å²) in [5.41, 5.74) is 1.42. The molecule has 3 rings (SSSR count). The molecule has 0 aliphatic rings. The van der Waals surface area contributed by atoms with E-state index in [1.165, 1.54) is 11.3 Å². The lowest BCUT2D eigenvalue weighted by molar-refractivity contribution is 0.0779. The van der Waals surface area contributed by atoms with E-state index in [-0.39, 0.29) is 5.91 Å². The topological polar surface area (TPSA) is 51.7 Å². The Bertz CT molecular complexity index is 955. The van der Waals surface area contributed by atoms with Crippen molar-refractivity contribution in [3.63, 3.8) is 0 Å². The summed E-state index contributed by atoms with van der Waals surface area (Å²) in [5.74, 6) is 1.34. The molecular formula is C22H21ClN2O3S. The van der Waals surface area contributed by atoms with Crippen molar-refractivity contribution in [3.05, 3.63) is 87.9 Å². The molecule has 3 aromatic rings. The summed E-state index contributed by atoms with van der Waals surface area (Å²) >= 11 is 7.26. The molecule has 1 aromatic heterocycles. The molecule has 0 bridgehead atoms. The summed E-state index contributed by atoms with van der Waals surface area (Å²) in [6.07, 6.45) is 1.70. The van der Waals surface area contributed by atoms with E-state index in [0.29, 0.717) is 36.2 Å². The fourth-order valence-corrected chi connectivity index (χ4v) is 3.34. The van der Waals surface area contributed by atoms with E-state index >= 15 is 0 Å². The summed E-state index contributed by atoms with van der Waals surface area (Å²) in [6, 6.07) is 14.8. The SMILES string of the molecule is C=CCOc1ccc(CN(C)C(=O)c2csc(COc3ccc(Cl)cc3)n2)cc1. The van der Waals surface area contributed by atoms with Crippen LogP contribution < -0.4 is 9.47 Å². The monoisotopic (exact) mass is 428 g/mol. The zero-order valence-electron chi connectivity index (χ0n) is 16.0. The molecule has 7 heteroatoms. The van der Waals surface area contributed by atoms with E-state index in [1.54, 1.807) is 47.7 Å².